The first kappa shape index (κ1) is 14.2. The molecule has 0 bridgehead atoms. The Hall–Kier alpha value is -1.23. The van der Waals surface area contributed by atoms with E-state index in [0.717, 1.165) is 31.5 Å². The van der Waals surface area contributed by atoms with Gasteiger partial charge >= 0.3 is 6.36 Å². The third kappa shape index (κ3) is 3.86. The Balaban J connectivity index is 2.02. The van der Waals surface area contributed by atoms with Crippen LogP contribution in [0, 0.1) is 5.92 Å². The molecule has 2 nitrogen and oxygen atoms in total. The van der Waals surface area contributed by atoms with E-state index in [0.29, 0.717) is 11.8 Å². The summed E-state index contributed by atoms with van der Waals surface area (Å²) in [5, 5.41) is 3.29. The van der Waals surface area contributed by atoms with Crippen LogP contribution in [0.15, 0.2) is 24.3 Å². The summed E-state index contributed by atoms with van der Waals surface area (Å²) in [5.41, 5.74) is 0.941. The van der Waals surface area contributed by atoms with Gasteiger partial charge < -0.3 is 10.1 Å². The minimum absolute atomic E-state index is 0.126. The fourth-order valence-corrected chi connectivity index (χ4v) is 2.52. The third-order valence-electron chi connectivity index (χ3n) is 3.59. The lowest BCUT2D eigenvalue weighted by Gasteiger charge is -2.37. The Kier molecular flexibility index (Phi) is 4.34. The molecule has 0 heterocycles. The zero-order valence-electron chi connectivity index (χ0n) is 10.8. The molecule has 1 aromatic carbocycles. The highest BCUT2D eigenvalue weighted by atomic mass is 19.4. The van der Waals surface area contributed by atoms with E-state index in [4.69, 9.17) is 0 Å². The van der Waals surface area contributed by atoms with Crippen LogP contribution in [0.25, 0.3) is 0 Å². The van der Waals surface area contributed by atoms with E-state index in [1.807, 2.05) is 13.0 Å². The monoisotopic (exact) mass is 273 g/mol. The molecule has 0 amide bonds. The van der Waals surface area contributed by atoms with Crippen molar-refractivity contribution in [2.75, 3.05) is 13.1 Å². The number of halogens is 3. The average Bonchev–Trinajstić information content (AvgIpc) is 2.26. The number of hydrogen-bond acceptors (Lipinski definition) is 2. The number of alkyl halides is 3. The van der Waals surface area contributed by atoms with Crippen LogP contribution in [0.4, 0.5) is 13.2 Å². The standard InChI is InChI=1S/C14H18F3NO/c1-2-18-9-11-6-7-13(11)10-4-3-5-12(8-10)19-14(15,16)17/h3-5,8,11,13,18H,2,6-7,9H2,1H3. The lowest BCUT2D eigenvalue weighted by Crippen LogP contribution is -2.33. The SMILES string of the molecule is CCNCC1CCC1c1cccc(OC(F)(F)F)c1. The maximum atomic E-state index is 12.2. The first-order valence-electron chi connectivity index (χ1n) is 6.56. The molecule has 0 aliphatic heterocycles. The molecule has 2 unspecified atom stereocenters. The molecule has 2 atom stereocenters. The Morgan fingerprint density at radius 2 is 2.11 bits per heavy atom. The Morgan fingerprint density at radius 3 is 2.68 bits per heavy atom. The van der Waals surface area contributed by atoms with Crippen LogP contribution in [-0.2, 0) is 0 Å². The maximum Gasteiger partial charge on any atom is 0.573 e. The van der Waals surface area contributed by atoms with Crippen molar-refractivity contribution in [2.45, 2.75) is 32.0 Å². The quantitative estimate of drug-likeness (QED) is 0.883. The zero-order valence-corrected chi connectivity index (χ0v) is 10.8. The molecule has 0 aromatic heterocycles. The van der Waals surface area contributed by atoms with Gasteiger partial charge in [0.15, 0.2) is 0 Å². The van der Waals surface area contributed by atoms with Gasteiger partial charge in [0.25, 0.3) is 0 Å². The second-order valence-electron chi connectivity index (χ2n) is 4.87. The number of hydrogen-bond donors (Lipinski definition) is 1. The first-order valence-corrected chi connectivity index (χ1v) is 6.56. The van der Waals surface area contributed by atoms with Crippen molar-refractivity contribution in [1.82, 2.24) is 5.32 Å². The predicted octanol–water partition coefficient (Wildman–Crippen LogP) is 3.69. The number of nitrogens with one attached hydrogen (secondary N) is 1. The molecule has 0 radical (unpaired) electrons. The average molecular weight is 273 g/mol. The van der Waals surface area contributed by atoms with Crippen molar-refractivity contribution in [2.24, 2.45) is 5.92 Å². The fourth-order valence-electron chi connectivity index (χ4n) is 2.52. The summed E-state index contributed by atoms with van der Waals surface area (Å²) in [6.45, 7) is 3.89. The summed E-state index contributed by atoms with van der Waals surface area (Å²) in [7, 11) is 0. The van der Waals surface area contributed by atoms with Gasteiger partial charge in [-0.25, -0.2) is 0 Å². The zero-order chi connectivity index (χ0) is 13.9. The summed E-state index contributed by atoms with van der Waals surface area (Å²) >= 11 is 0. The lowest BCUT2D eigenvalue weighted by molar-refractivity contribution is -0.274. The molecule has 0 spiro atoms. The van der Waals surface area contributed by atoms with E-state index in [1.165, 1.54) is 12.1 Å². The molecule has 1 saturated carbocycles. The van der Waals surface area contributed by atoms with Gasteiger partial charge in [0.1, 0.15) is 5.75 Å². The molecule has 5 heteroatoms. The van der Waals surface area contributed by atoms with E-state index < -0.39 is 6.36 Å². The number of rotatable bonds is 5. The van der Waals surface area contributed by atoms with Gasteiger partial charge in [-0.1, -0.05) is 19.1 Å². The summed E-state index contributed by atoms with van der Waals surface area (Å²) in [4.78, 5) is 0. The van der Waals surface area contributed by atoms with Crippen LogP contribution in [0.2, 0.25) is 0 Å². The maximum absolute atomic E-state index is 12.2. The lowest BCUT2D eigenvalue weighted by atomic mass is 9.70. The van der Waals surface area contributed by atoms with Gasteiger partial charge in [0.05, 0.1) is 0 Å². The summed E-state index contributed by atoms with van der Waals surface area (Å²) < 4.78 is 40.5. The molecule has 1 aliphatic carbocycles. The van der Waals surface area contributed by atoms with Crippen LogP contribution >= 0.6 is 0 Å². The van der Waals surface area contributed by atoms with E-state index in [9.17, 15) is 13.2 Å². The third-order valence-corrected chi connectivity index (χ3v) is 3.59. The van der Waals surface area contributed by atoms with Crippen molar-refractivity contribution in [3.05, 3.63) is 29.8 Å². The molecule has 2 rings (SSSR count). The second-order valence-corrected chi connectivity index (χ2v) is 4.87. The van der Waals surface area contributed by atoms with Gasteiger partial charge in [-0.15, -0.1) is 13.2 Å². The highest BCUT2D eigenvalue weighted by molar-refractivity contribution is 5.32. The van der Waals surface area contributed by atoms with E-state index in [2.05, 4.69) is 10.1 Å². The second kappa shape index (κ2) is 5.82. The van der Waals surface area contributed by atoms with Gasteiger partial charge in [-0.3, -0.25) is 0 Å². The van der Waals surface area contributed by atoms with Crippen LogP contribution in [0.3, 0.4) is 0 Å². The van der Waals surface area contributed by atoms with Gasteiger partial charge in [-0.2, -0.15) is 0 Å². The normalized spacial score (nSPS) is 22.9. The first-order chi connectivity index (χ1) is 8.99. The molecule has 1 aromatic rings. The number of benzene rings is 1. The van der Waals surface area contributed by atoms with E-state index >= 15 is 0 Å². The Morgan fingerprint density at radius 1 is 1.32 bits per heavy atom. The van der Waals surface area contributed by atoms with Crippen molar-refractivity contribution in [3.8, 4) is 5.75 Å². The van der Waals surface area contributed by atoms with Gasteiger partial charge in [0, 0.05) is 0 Å². The van der Waals surface area contributed by atoms with Crippen LogP contribution < -0.4 is 10.1 Å². The van der Waals surface area contributed by atoms with Crippen molar-refractivity contribution < 1.29 is 17.9 Å². The van der Waals surface area contributed by atoms with Crippen LogP contribution in [0.5, 0.6) is 5.75 Å². The molecule has 19 heavy (non-hydrogen) atoms. The molecule has 0 saturated heterocycles. The highest BCUT2D eigenvalue weighted by Gasteiger charge is 2.33. The smallest absolute Gasteiger partial charge is 0.406 e. The van der Waals surface area contributed by atoms with Crippen molar-refractivity contribution >= 4 is 0 Å². The molecule has 106 valence electrons. The van der Waals surface area contributed by atoms with Crippen molar-refractivity contribution in [1.29, 1.82) is 0 Å². The Bertz CT molecular complexity index is 419. The molecular formula is C14H18F3NO. The van der Waals surface area contributed by atoms with Crippen molar-refractivity contribution in [3.63, 3.8) is 0 Å². The predicted molar refractivity (Wildman–Crippen MR) is 67.1 cm³/mol. The largest absolute Gasteiger partial charge is 0.573 e. The summed E-state index contributed by atoms with van der Waals surface area (Å²) in [6, 6.07) is 6.36. The van der Waals surface area contributed by atoms with Gasteiger partial charge in [0.2, 0.25) is 0 Å². The summed E-state index contributed by atoms with van der Waals surface area (Å²) in [6.07, 6.45) is -2.46. The molecule has 1 fully saturated rings. The fraction of sp³-hybridized carbons (Fsp3) is 0.571. The van der Waals surface area contributed by atoms with Crippen LogP contribution in [-0.4, -0.2) is 19.5 Å². The molecular weight excluding hydrogens is 255 g/mol. The highest BCUT2D eigenvalue weighted by Crippen LogP contribution is 2.43. The van der Waals surface area contributed by atoms with E-state index in [-0.39, 0.29) is 5.75 Å². The Labute approximate surface area is 111 Å². The molecule has 1 N–H and O–H groups in total. The van der Waals surface area contributed by atoms with E-state index in [1.54, 1.807) is 6.07 Å². The van der Waals surface area contributed by atoms with Gasteiger partial charge in [-0.05, 0) is 55.5 Å². The minimum Gasteiger partial charge on any atom is -0.406 e. The minimum atomic E-state index is -4.62. The topological polar surface area (TPSA) is 21.3 Å². The van der Waals surface area contributed by atoms with Crippen LogP contribution in [0.1, 0.15) is 31.2 Å². The summed E-state index contributed by atoms with van der Waals surface area (Å²) in [5.74, 6) is 0.732. The number of ether oxygens (including phenoxy) is 1. The molecule has 1 aliphatic rings.